The molecule has 0 atom stereocenters. The van der Waals surface area contributed by atoms with Crippen molar-refractivity contribution in [3.63, 3.8) is 0 Å². The molecule has 0 rings (SSSR count). The molecule has 0 saturated heterocycles. The van der Waals surface area contributed by atoms with E-state index in [2.05, 4.69) is 12.2 Å². The summed E-state index contributed by atoms with van der Waals surface area (Å²) in [4.78, 5) is 13.2. The van der Waals surface area contributed by atoms with Gasteiger partial charge in [0.25, 0.3) is 0 Å². The second-order valence-corrected chi connectivity index (χ2v) is 3.34. The number of nitrogens with zero attached hydrogens (tertiary/aromatic N) is 1. The molecule has 2 N–H and O–H groups in total. The summed E-state index contributed by atoms with van der Waals surface area (Å²) in [7, 11) is 1.75. The fourth-order valence-electron chi connectivity index (χ4n) is 1.30. The fourth-order valence-corrected chi connectivity index (χ4v) is 1.30. The van der Waals surface area contributed by atoms with Crippen molar-refractivity contribution in [2.75, 3.05) is 33.3 Å². The lowest BCUT2D eigenvalue weighted by atomic mass is 10.2. The fraction of sp³-hybridized carbons (Fsp3) is 0.900. The number of unbranched alkanes of at least 4 members (excludes halogenated alkanes) is 2. The molecule has 0 aromatic heterocycles. The predicted molar refractivity (Wildman–Crippen MR) is 57.1 cm³/mol. The van der Waals surface area contributed by atoms with Crippen LogP contribution >= 0.6 is 0 Å². The lowest BCUT2D eigenvalue weighted by Gasteiger charge is -2.21. The lowest BCUT2D eigenvalue weighted by molar-refractivity contribution is -0.130. The molecule has 0 aliphatic heterocycles. The number of carbonyl (C=O) groups excluding carboxylic acids is 1. The smallest absolute Gasteiger partial charge is 0.236 e. The molecule has 0 radical (unpaired) electrons. The number of aliphatic hydroxyl groups is 1. The van der Waals surface area contributed by atoms with Crippen LogP contribution in [0.15, 0.2) is 0 Å². The SMILES string of the molecule is CCCCCN(CCO)C(=O)CNC. The van der Waals surface area contributed by atoms with Crippen molar-refractivity contribution in [1.29, 1.82) is 0 Å². The van der Waals surface area contributed by atoms with Crippen LogP contribution in [0.25, 0.3) is 0 Å². The van der Waals surface area contributed by atoms with E-state index >= 15 is 0 Å². The molecule has 0 bridgehead atoms. The minimum absolute atomic E-state index is 0.0432. The van der Waals surface area contributed by atoms with Gasteiger partial charge >= 0.3 is 0 Å². The monoisotopic (exact) mass is 202 g/mol. The molecule has 14 heavy (non-hydrogen) atoms. The van der Waals surface area contributed by atoms with E-state index in [1.165, 1.54) is 0 Å². The topological polar surface area (TPSA) is 52.6 Å². The summed E-state index contributed by atoms with van der Waals surface area (Å²) in [5, 5.41) is 11.6. The van der Waals surface area contributed by atoms with Gasteiger partial charge in [-0.3, -0.25) is 4.79 Å². The zero-order valence-corrected chi connectivity index (χ0v) is 9.25. The molecule has 0 saturated carbocycles. The van der Waals surface area contributed by atoms with Crippen LogP contribution in [-0.4, -0.2) is 49.2 Å². The summed E-state index contributed by atoms with van der Waals surface area (Å²) >= 11 is 0. The van der Waals surface area contributed by atoms with Crippen LogP contribution in [0.2, 0.25) is 0 Å². The Balaban J connectivity index is 3.81. The van der Waals surface area contributed by atoms with E-state index in [-0.39, 0.29) is 12.5 Å². The van der Waals surface area contributed by atoms with Gasteiger partial charge in [0.2, 0.25) is 5.91 Å². The number of hydrogen-bond donors (Lipinski definition) is 2. The number of amides is 1. The van der Waals surface area contributed by atoms with E-state index in [1.807, 2.05) is 0 Å². The van der Waals surface area contributed by atoms with Crippen molar-refractivity contribution in [1.82, 2.24) is 10.2 Å². The Bertz CT molecular complexity index is 151. The first kappa shape index (κ1) is 13.4. The molecule has 0 fully saturated rings. The van der Waals surface area contributed by atoms with Crippen molar-refractivity contribution in [3.8, 4) is 0 Å². The molecule has 0 unspecified atom stereocenters. The Kier molecular flexibility index (Phi) is 8.57. The van der Waals surface area contributed by atoms with Gasteiger partial charge in [0.1, 0.15) is 0 Å². The zero-order valence-electron chi connectivity index (χ0n) is 9.25. The number of hydrogen-bond acceptors (Lipinski definition) is 3. The third-order valence-electron chi connectivity index (χ3n) is 2.08. The maximum atomic E-state index is 11.5. The van der Waals surface area contributed by atoms with Gasteiger partial charge in [0.05, 0.1) is 13.2 Å². The molecule has 0 aromatic carbocycles. The van der Waals surface area contributed by atoms with Gasteiger partial charge in [-0.05, 0) is 13.5 Å². The van der Waals surface area contributed by atoms with Crippen molar-refractivity contribution in [2.45, 2.75) is 26.2 Å². The highest BCUT2D eigenvalue weighted by atomic mass is 16.3. The number of nitrogens with one attached hydrogen (secondary N) is 1. The van der Waals surface area contributed by atoms with Crippen LogP contribution in [-0.2, 0) is 4.79 Å². The van der Waals surface area contributed by atoms with E-state index < -0.39 is 0 Å². The molecular formula is C10H22N2O2. The van der Waals surface area contributed by atoms with Gasteiger partial charge in [0, 0.05) is 13.1 Å². The molecule has 0 aliphatic rings. The second-order valence-electron chi connectivity index (χ2n) is 3.34. The molecule has 4 heteroatoms. The molecule has 0 heterocycles. The van der Waals surface area contributed by atoms with E-state index in [0.29, 0.717) is 13.1 Å². The van der Waals surface area contributed by atoms with Crippen LogP contribution < -0.4 is 5.32 Å². The Morgan fingerprint density at radius 3 is 2.57 bits per heavy atom. The van der Waals surface area contributed by atoms with Gasteiger partial charge in [0.15, 0.2) is 0 Å². The summed E-state index contributed by atoms with van der Waals surface area (Å²) in [5.74, 6) is 0.0673. The van der Waals surface area contributed by atoms with Crippen LogP contribution in [0.1, 0.15) is 26.2 Å². The van der Waals surface area contributed by atoms with E-state index in [9.17, 15) is 4.79 Å². The van der Waals surface area contributed by atoms with E-state index in [1.54, 1.807) is 11.9 Å². The minimum Gasteiger partial charge on any atom is -0.395 e. The lowest BCUT2D eigenvalue weighted by Crippen LogP contribution is -2.39. The average Bonchev–Trinajstić information content (AvgIpc) is 2.17. The van der Waals surface area contributed by atoms with Gasteiger partial charge in [-0.2, -0.15) is 0 Å². The summed E-state index contributed by atoms with van der Waals surface area (Å²) in [6.07, 6.45) is 3.30. The maximum Gasteiger partial charge on any atom is 0.236 e. The van der Waals surface area contributed by atoms with Crippen LogP contribution in [0.5, 0.6) is 0 Å². The summed E-state index contributed by atoms with van der Waals surface area (Å²) in [6, 6.07) is 0. The van der Waals surface area contributed by atoms with E-state index in [0.717, 1.165) is 25.8 Å². The Labute approximate surface area is 86.3 Å². The first-order chi connectivity index (χ1) is 6.76. The quantitative estimate of drug-likeness (QED) is 0.553. The highest BCUT2D eigenvalue weighted by molar-refractivity contribution is 5.78. The highest BCUT2D eigenvalue weighted by Gasteiger charge is 2.10. The van der Waals surface area contributed by atoms with Crippen LogP contribution in [0.4, 0.5) is 0 Å². The summed E-state index contributed by atoms with van der Waals surface area (Å²) < 4.78 is 0. The van der Waals surface area contributed by atoms with Crippen molar-refractivity contribution < 1.29 is 9.90 Å². The summed E-state index contributed by atoms with van der Waals surface area (Å²) in [6.45, 7) is 3.73. The third kappa shape index (κ3) is 5.94. The summed E-state index contributed by atoms with van der Waals surface area (Å²) in [5.41, 5.74) is 0. The number of carbonyl (C=O) groups is 1. The van der Waals surface area contributed by atoms with Gasteiger partial charge in [-0.25, -0.2) is 0 Å². The first-order valence-electron chi connectivity index (χ1n) is 5.29. The molecule has 84 valence electrons. The molecule has 1 amide bonds. The minimum atomic E-state index is 0.0432. The predicted octanol–water partition coefficient (Wildman–Crippen LogP) is 0.217. The maximum absolute atomic E-state index is 11.5. The number of rotatable bonds is 8. The molecule has 0 aromatic rings. The number of likely N-dealkylation sites (N-methyl/N-ethyl adjacent to an activating group) is 1. The Hall–Kier alpha value is -0.610. The van der Waals surface area contributed by atoms with Gasteiger partial charge in [-0.1, -0.05) is 19.8 Å². The molecule has 0 spiro atoms. The molecular weight excluding hydrogens is 180 g/mol. The first-order valence-corrected chi connectivity index (χ1v) is 5.29. The van der Waals surface area contributed by atoms with Crippen molar-refractivity contribution in [2.24, 2.45) is 0 Å². The highest BCUT2D eigenvalue weighted by Crippen LogP contribution is 1.98. The Morgan fingerprint density at radius 1 is 1.36 bits per heavy atom. The average molecular weight is 202 g/mol. The number of aliphatic hydroxyl groups excluding tert-OH is 1. The van der Waals surface area contributed by atoms with Gasteiger partial charge < -0.3 is 15.3 Å². The third-order valence-corrected chi connectivity index (χ3v) is 2.08. The standard InChI is InChI=1S/C10H22N2O2/c1-3-4-5-6-12(7-8-13)10(14)9-11-2/h11,13H,3-9H2,1-2H3. The van der Waals surface area contributed by atoms with E-state index in [4.69, 9.17) is 5.11 Å². The van der Waals surface area contributed by atoms with Gasteiger partial charge in [-0.15, -0.1) is 0 Å². The van der Waals surface area contributed by atoms with Crippen molar-refractivity contribution in [3.05, 3.63) is 0 Å². The molecule has 4 nitrogen and oxygen atoms in total. The zero-order chi connectivity index (χ0) is 10.8. The molecule has 0 aliphatic carbocycles. The largest absolute Gasteiger partial charge is 0.395 e. The van der Waals surface area contributed by atoms with Crippen LogP contribution in [0, 0.1) is 0 Å². The van der Waals surface area contributed by atoms with Crippen molar-refractivity contribution >= 4 is 5.91 Å². The van der Waals surface area contributed by atoms with Crippen LogP contribution in [0.3, 0.4) is 0 Å². The second kappa shape index (κ2) is 8.97. The normalized spacial score (nSPS) is 10.2. The Morgan fingerprint density at radius 2 is 2.07 bits per heavy atom.